The van der Waals surface area contributed by atoms with Crippen molar-refractivity contribution >= 4 is 37.8 Å². The van der Waals surface area contributed by atoms with Gasteiger partial charge in [0.2, 0.25) is 15.9 Å². The number of aromatic carboxylic acids is 1. The second-order valence-corrected chi connectivity index (χ2v) is 6.63. The number of carbonyl (C=O) groups excluding carboxylic acids is 1. The van der Waals surface area contributed by atoms with Crippen molar-refractivity contribution in [3.8, 4) is 0 Å². The fourth-order valence-corrected chi connectivity index (χ4v) is 3.42. The van der Waals surface area contributed by atoms with Crippen LogP contribution in [-0.4, -0.2) is 38.5 Å². The molecule has 0 aliphatic carbocycles. The van der Waals surface area contributed by atoms with Crippen molar-refractivity contribution in [1.29, 1.82) is 0 Å². The van der Waals surface area contributed by atoms with Crippen molar-refractivity contribution < 1.29 is 27.5 Å². The molecule has 1 atom stereocenters. The lowest BCUT2D eigenvalue weighted by Gasteiger charge is -2.14. The number of likely N-dealkylation sites (N-methyl/N-ethyl adjacent to an activating group) is 1. The first-order valence-corrected chi connectivity index (χ1v) is 7.84. The van der Waals surface area contributed by atoms with Crippen LogP contribution in [0, 0.1) is 5.82 Å². The summed E-state index contributed by atoms with van der Waals surface area (Å²) in [6.45, 7) is 1.27. The van der Waals surface area contributed by atoms with Gasteiger partial charge in [-0.2, -0.15) is 4.72 Å². The lowest BCUT2D eigenvalue weighted by molar-refractivity contribution is -0.121. The summed E-state index contributed by atoms with van der Waals surface area (Å²) >= 11 is 2.92. The first kappa shape index (κ1) is 17.5. The van der Waals surface area contributed by atoms with Gasteiger partial charge in [-0.05, 0) is 19.1 Å². The van der Waals surface area contributed by atoms with Crippen molar-refractivity contribution in [3.63, 3.8) is 0 Å². The Bertz CT molecular complexity index is 692. The van der Waals surface area contributed by atoms with Crippen molar-refractivity contribution in [2.75, 3.05) is 7.05 Å². The molecule has 0 aliphatic rings. The number of halogens is 2. The minimum absolute atomic E-state index is 0.0780. The van der Waals surface area contributed by atoms with Gasteiger partial charge in [-0.1, -0.05) is 15.9 Å². The molecule has 1 unspecified atom stereocenters. The van der Waals surface area contributed by atoms with Crippen LogP contribution in [0.3, 0.4) is 0 Å². The third-order valence-electron chi connectivity index (χ3n) is 2.50. The van der Waals surface area contributed by atoms with Gasteiger partial charge < -0.3 is 10.4 Å². The van der Waals surface area contributed by atoms with Crippen LogP contribution < -0.4 is 10.0 Å². The number of carboxylic acids is 1. The summed E-state index contributed by atoms with van der Waals surface area (Å²) in [5.74, 6) is -3.63. The standard InChI is InChI=1S/C11H12BrFN2O5S/c1-5(10(16)14-2)15-21(19,20)8-4-6(12)3-7(9(8)13)11(17)18/h3-5,15H,1-2H3,(H,14,16)(H,17,18). The van der Waals surface area contributed by atoms with Crippen molar-refractivity contribution in [2.45, 2.75) is 17.9 Å². The molecule has 0 spiro atoms. The Kier molecular flexibility index (Phi) is 5.42. The average Bonchev–Trinajstić information content (AvgIpc) is 2.38. The summed E-state index contributed by atoms with van der Waals surface area (Å²) in [5.41, 5.74) is -0.794. The van der Waals surface area contributed by atoms with Crippen LogP contribution in [-0.2, 0) is 14.8 Å². The van der Waals surface area contributed by atoms with E-state index in [0.29, 0.717) is 0 Å². The quantitative estimate of drug-likeness (QED) is 0.693. The van der Waals surface area contributed by atoms with Gasteiger partial charge in [0, 0.05) is 11.5 Å². The minimum Gasteiger partial charge on any atom is -0.478 e. The number of sulfonamides is 1. The van der Waals surface area contributed by atoms with Crippen LogP contribution in [0.15, 0.2) is 21.5 Å². The predicted octanol–water partition coefficient (Wildman–Crippen LogP) is 0.699. The zero-order valence-electron chi connectivity index (χ0n) is 11.0. The number of hydrogen-bond donors (Lipinski definition) is 3. The Morgan fingerprint density at radius 3 is 2.43 bits per heavy atom. The Labute approximate surface area is 128 Å². The van der Waals surface area contributed by atoms with Crippen molar-refractivity contribution in [2.24, 2.45) is 0 Å². The Morgan fingerprint density at radius 2 is 1.95 bits per heavy atom. The second-order valence-electron chi connectivity index (χ2n) is 4.03. The molecule has 116 valence electrons. The molecule has 1 rings (SSSR count). The number of carbonyl (C=O) groups is 2. The number of carboxylic acid groups (broad SMARTS) is 1. The third-order valence-corrected chi connectivity index (χ3v) is 4.49. The lowest BCUT2D eigenvalue weighted by Crippen LogP contribution is -2.43. The maximum atomic E-state index is 14.0. The van der Waals surface area contributed by atoms with Gasteiger partial charge >= 0.3 is 5.97 Å². The topological polar surface area (TPSA) is 113 Å². The highest BCUT2D eigenvalue weighted by molar-refractivity contribution is 9.10. The summed E-state index contributed by atoms with van der Waals surface area (Å²) in [6, 6.07) is 0.714. The number of rotatable bonds is 5. The van der Waals surface area contributed by atoms with Crippen LogP contribution in [0.5, 0.6) is 0 Å². The van der Waals surface area contributed by atoms with Gasteiger partial charge in [-0.15, -0.1) is 0 Å². The van der Waals surface area contributed by atoms with Gasteiger partial charge in [0.1, 0.15) is 4.90 Å². The van der Waals surface area contributed by atoms with E-state index in [1.807, 2.05) is 4.72 Å². The van der Waals surface area contributed by atoms with E-state index in [9.17, 15) is 22.4 Å². The summed E-state index contributed by atoms with van der Waals surface area (Å²) in [5, 5.41) is 11.1. The van der Waals surface area contributed by atoms with E-state index < -0.39 is 44.2 Å². The smallest absolute Gasteiger partial charge is 0.338 e. The normalized spacial score (nSPS) is 12.8. The summed E-state index contributed by atoms with van der Waals surface area (Å²) in [6.07, 6.45) is 0. The maximum Gasteiger partial charge on any atom is 0.338 e. The van der Waals surface area contributed by atoms with Crippen molar-refractivity contribution in [3.05, 3.63) is 28.0 Å². The molecule has 0 bridgehead atoms. The number of amides is 1. The zero-order valence-corrected chi connectivity index (χ0v) is 13.4. The second kappa shape index (κ2) is 6.50. The van der Waals surface area contributed by atoms with Gasteiger partial charge in [0.15, 0.2) is 5.82 Å². The van der Waals surface area contributed by atoms with E-state index in [1.165, 1.54) is 14.0 Å². The summed E-state index contributed by atoms with van der Waals surface area (Å²) in [4.78, 5) is 21.3. The molecule has 0 saturated carbocycles. The minimum atomic E-state index is -4.40. The molecule has 7 nitrogen and oxygen atoms in total. The summed E-state index contributed by atoms with van der Waals surface area (Å²) < 4.78 is 40.2. The van der Waals surface area contributed by atoms with E-state index in [4.69, 9.17) is 5.11 Å². The fourth-order valence-electron chi connectivity index (χ4n) is 1.48. The summed E-state index contributed by atoms with van der Waals surface area (Å²) in [7, 11) is -3.09. The Morgan fingerprint density at radius 1 is 1.38 bits per heavy atom. The number of nitrogens with one attached hydrogen (secondary N) is 2. The number of hydrogen-bond acceptors (Lipinski definition) is 4. The lowest BCUT2D eigenvalue weighted by atomic mass is 10.2. The van der Waals surface area contributed by atoms with E-state index in [-0.39, 0.29) is 4.47 Å². The molecule has 1 aromatic rings. The molecule has 0 aliphatic heterocycles. The zero-order chi connectivity index (χ0) is 16.4. The molecule has 0 radical (unpaired) electrons. The maximum absolute atomic E-state index is 14.0. The largest absolute Gasteiger partial charge is 0.478 e. The monoisotopic (exact) mass is 382 g/mol. The van der Waals surface area contributed by atoms with E-state index in [1.54, 1.807) is 0 Å². The molecule has 0 fully saturated rings. The number of benzene rings is 1. The van der Waals surface area contributed by atoms with Crippen molar-refractivity contribution in [1.82, 2.24) is 10.0 Å². The molecule has 0 aromatic heterocycles. The van der Waals surface area contributed by atoms with E-state index in [0.717, 1.165) is 12.1 Å². The molecule has 0 saturated heterocycles. The first-order valence-electron chi connectivity index (χ1n) is 5.56. The molecule has 1 aromatic carbocycles. The average molecular weight is 383 g/mol. The molecule has 0 heterocycles. The van der Waals surface area contributed by atoms with Crippen LogP contribution >= 0.6 is 15.9 Å². The van der Waals surface area contributed by atoms with Gasteiger partial charge in [-0.3, -0.25) is 4.79 Å². The van der Waals surface area contributed by atoms with Crippen LogP contribution in [0.1, 0.15) is 17.3 Å². The predicted molar refractivity (Wildman–Crippen MR) is 74.9 cm³/mol. The Hall–Kier alpha value is -1.52. The highest BCUT2D eigenvalue weighted by Crippen LogP contribution is 2.24. The molecular formula is C11H12BrFN2O5S. The van der Waals surface area contributed by atoms with Crippen LogP contribution in [0.2, 0.25) is 0 Å². The third kappa shape index (κ3) is 3.99. The highest BCUT2D eigenvalue weighted by atomic mass is 79.9. The van der Waals surface area contributed by atoms with E-state index in [2.05, 4.69) is 21.2 Å². The van der Waals surface area contributed by atoms with Crippen LogP contribution in [0.25, 0.3) is 0 Å². The molecule has 10 heteroatoms. The van der Waals surface area contributed by atoms with Crippen LogP contribution in [0.4, 0.5) is 4.39 Å². The van der Waals surface area contributed by atoms with Gasteiger partial charge in [0.25, 0.3) is 0 Å². The molecular weight excluding hydrogens is 371 g/mol. The molecule has 21 heavy (non-hydrogen) atoms. The van der Waals surface area contributed by atoms with Gasteiger partial charge in [-0.25, -0.2) is 17.6 Å². The molecule has 1 amide bonds. The highest BCUT2D eigenvalue weighted by Gasteiger charge is 2.27. The Balaban J connectivity index is 3.32. The van der Waals surface area contributed by atoms with E-state index >= 15 is 0 Å². The van der Waals surface area contributed by atoms with Gasteiger partial charge in [0.05, 0.1) is 11.6 Å². The first-order chi connectivity index (χ1) is 9.60. The SMILES string of the molecule is CNC(=O)C(C)NS(=O)(=O)c1cc(Br)cc(C(=O)O)c1F. The fraction of sp³-hybridized carbons (Fsp3) is 0.273. The molecule has 3 N–H and O–H groups in total.